The van der Waals surface area contributed by atoms with Gasteiger partial charge >= 0.3 is 0 Å². The molecule has 0 spiro atoms. The summed E-state index contributed by atoms with van der Waals surface area (Å²) in [4.78, 5) is 12.4. The fraction of sp³-hybridized carbons (Fsp3) is 0.174. The van der Waals surface area contributed by atoms with Crippen LogP contribution in [0.4, 0.5) is 11.4 Å². The van der Waals surface area contributed by atoms with Crippen molar-refractivity contribution in [2.24, 2.45) is 0 Å². The summed E-state index contributed by atoms with van der Waals surface area (Å²) in [6.07, 6.45) is -0.781. The number of sulfonamides is 1. The number of halogens is 1. The first kappa shape index (κ1) is 24.2. The molecule has 1 atom stereocenters. The van der Waals surface area contributed by atoms with Gasteiger partial charge in [-0.25, -0.2) is 8.42 Å². The zero-order chi connectivity index (χ0) is 24.0. The molecule has 0 radical (unpaired) electrons. The molecule has 0 heterocycles. The normalized spacial score (nSPS) is 11.9. The van der Waals surface area contributed by atoms with Crippen LogP contribution in [0.15, 0.2) is 71.6 Å². The first-order valence-corrected chi connectivity index (χ1v) is 11.7. The zero-order valence-electron chi connectivity index (χ0n) is 18.2. The van der Waals surface area contributed by atoms with Crippen LogP contribution >= 0.6 is 11.6 Å². The van der Waals surface area contributed by atoms with Crippen LogP contribution in [0.2, 0.25) is 5.02 Å². The lowest BCUT2D eigenvalue weighted by Gasteiger charge is -2.15. The number of ether oxygens (including phenoxy) is 3. The Bertz CT molecular complexity index is 1210. The van der Waals surface area contributed by atoms with Crippen LogP contribution in [0.5, 0.6) is 17.2 Å². The minimum atomic E-state index is -3.91. The van der Waals surface area contributed by atoms with Crippen molar-refractivity contribution >= 4 is 38.9 Å². The predicted octanol–water partition coefficient (Wildman–Crippen LogP) is 4.56. The van der Waals surface area contributed by atoms with E-state index in [4.69, 9.17) is 25.8 Å². The van der Waals surface area contributed by atoms with E-state index < -0.39 is 16.1 Å². The highest BCUT2D eigenvalue weighted by molar-refractivity contribution is 7.92. The average Bonchev–Trinajstić information content (AvgIpc) is 2.80. The third-order valence-electron chi connectivity index (χ3n) is 4.58. The monoisotopic (exact) mass is 490 g/mol. The second-order valence-electron chi connectivity index (χ2n) is 6.90. The molecule has 0 aliphatic heterocycles. The summed E-state index contributed by atoms with van der Waals surface area (Å²) >= 11 is 5.84. The number of amides is 1. The SMILES string of the molecule is COc1ccc(OC)c(NS(=O)(=O)c2ccc(NC(=O)[C@@H](C)Oc3ccc(Cl)cc3)cc2)c1. The fourth-order valence-electron chi connectivity index (χ4n) is 2.83. The number of carbonyl (C=O) groups excluding carboxylic acids is 1. The highest BCUT2D eigenvalue weighted by Gasteiger charge is 2.19. The standard InChI is InChI=1S/C23H23ClN2O6S/c1-15(32-18-8-4-16(24)5-9-18)23(27)25-17-6-11-20(12-7-17)33(28,29)26-21-14-19(30-2)10-13-22(21)31-3/h4-15,26H,1-3H3,(H,25,27)/t15-/m1/s1. The second-order valence-corrected chi connectivity index (χ2v) is 9.02. The quantitative estimate of drug-likeness (QED) is 0.455. The summed E-state index contributed by atoms with van der Waals surface area (Å²) in [6.45, 7) is 1.61. The number of hydrogen-bond acceptors (Lipinski definition) is 6. The van der Waals surface area contributed by atoms with Crippen molar-refractivity contribution < 1.29 is 27.4 Å². The maximum Gasteiger partial charge on any atom is 0.265 e. The van der Waals surface area contributed by atoms with Crippen LogP contribution in [-0.2, 0) is 14.8 Å². The average molecular weight is 491 g/mol. The predicted molar refractivity (Wildman–Crippen MR) is 127 cm³/mol. The van der Waals surface area contributed by atoms with Gasteiger partial charge in [-0.05, 0) is 67.6 Å². The molecule has 3 aromatic rings. The molecule has 174 valence electrons. The molecule has 2 N–H and O–H groups in total. The lowest BCUT2D eigenvalue weighted by atomic mass is 10.3. The molecule has 0 aliphatic carbocycles. The van der Waals surface area contributed by atoms with Gasteiger partial charge in [0.25, 0.3) is 15.9 Å². The summed E-state index contributed by atoms with van der Waals surface area (Å²) < 4.78 is 44.1. The lowest BCUT2D eigenvalue weighted by molar-refractivity contribution is -0.122. The highest BCUT2D eigenvalue weighted by Crippen LogP contribution is 2.31. The molecular weight excluding hydrogens is 468 g/mol. The number of hydrogen-bond donors (Lipinski definition) is 2. The molecule has 0 fully saturated rings. The van der Waals surface area contributed by atoms with E-state index in [1.807, 2.05) is 0 Å². The van der Waals surface area contributed by atoms with E-state index in [1.165, 1.54) is 44.6 Å². The molecule has 33 heavy (non-hydrogen) atoms. The lowest BCUT2D eigenvalue weighted by Crippen LogP contribution is -2.30. The summed E-state index contributed by atoms with van der Waals surface area (Å²) in [5.74, 6) is 0.932. The molecule has 0 unspecified atom stereocenters. The van der Waals surface area contributed by atoms with Gasteiger partial charge in [-0.3, -0.25) is 9.52 Å². The molecule has 10 heteroatoms. The number of nitrogens with one attached hydrogen (secondary N) is 2. The Kier molecular flexibility index (Phi) is 7.67. The van der Waals surface area contributed by atoms with Crippen LogP contribution in [0.1, 0.15) is 6.92 Å². The Morgan fingerprint density at radius 3 is 2.15 bits per heavy atom. The van der Waals surface area contributed by atoms with E-state index >= 15 is 0 Å². The molecular formula is C23H23ClN2O6S. The Labute approximate surface area is 197 Å². The van der Waals surface area contributed by atoms with Crippen molar-refractivity contribution in [3.63, 3.8) is 0 Å². The maximum atomic E-state index is 12.8. The van der Waals surface area contributed by atoms with Crippen LogP contribution < -0.4 is 24.2 Å². The number of methoxy groups -OCH3 is 2. The number of benzene rings is 3. The third kappa shape index (κ3) is 6.30. The molecule has 3 rings (SSSR count). The number of rotatable bonds is 9. The molecule has 8 nitrogen and oxygen atoms in total. The van der Waals surface area contributed by atoms with Gasteiger partial charge in [0.15, 0.2) is 6.10 Å². The number of anilines is 2. The topological polar surface area (TPSA) is 103 Å². The summed E-state index contributed by atoms with van der Waals surface area (Å²) in [5, 5.41) is 3.26. The van der Waals surface area contributed by atoms with Crippen LogP contribution in [0.25, 0.3) is 0 Å². The van der Waals surface area contributed by atoms with Crippen LogP contribution in [-0.4, -0.2) is 34.6 Å². The Balaban J connectivity index is 1.67. The second kappa shape index (κ2) is 10.5. The van der Waals surface area contributed by atoms with E-state index in [9.17, 15) is 13.2 Å². The van der Waals surface area contributed by atoms with Gasteiger partial charge in [0.1, 0.15) is 17.2 Å². The van der Waals surface area contributed by atoms with Gasteiger partial charge in [0, 0.05) is 16.8 Å². The van der Waals surface area contributed by atoms with E-state index in [1.54, 1.807) is 43.3 Å². The van der Waals surface area contributed by atoms with Gasteiger partial charge in [0.05, 0.1) is 24.8 Å². The highest BCUT2D eigenvalue weighted by atomic mass is 35.5. The molecule has 3 aromatic carbocycles. The molecule has 0 aromatic heterocycles. The molecule has 0 aliphatic rings. The van der Waals surface area contributed by atoms with Crippen molar-refractivity contribution in [2.45, 2.75) is 17.9 Å². The van der Waals surface area contributed by atoms with Crippen molar-refractivity contribution in [1.29, 1.82) is 0 Å². The van der Waals surface area contributed by atoms with Gasteiger partial charge < -0.3 is 19.5 Å². The zero-order valence-corrected chi connectivity index (χ0v) is 19.7. The minimum absolute atomic E-state index is 0.0100. The van der Waals surface area contributed by atoms with Gasteiger partial charge in [-0.1, -0.05) is 11.6 Å². The van der Waals surface area contributed by atoms with Crippen molar-refractivity contribution in [2.75, 3.05) is 24.3 Å². The molecule has 0 saturated heterocycles. The van der Waals surface area contributed by atoms with Gasteiger partial charge in [-0.2, -0.15) is 0 Å². The van der Waals surface area contributed by atoms with E-state index in [0.717, 1.165) is 0 Å². The van der Waals surface area contributed by atoms with Crippen molar-refractivity contribution in [1.82, 2.24) is 0 Å². The first-order chi connectivity index (χ1) is 15.7. The first-order valence-electron chi connectivity index (χ1n) is 9.80. The maximum absolute atomic E-state index is 12.8. The van der Waals surface area contributed by atoms with E-state index in [2.05, 4.69) is 10.0 Å². The van der Waals surface area contributed by atoms with Gasteiger partial charge in [-0.15, -0.1) is 0 Å². The van der Waals surface area contributed by atoms with Crippen LogP contribution in [0, 0.1) is 0 Å². The van der Waals surface area contributed by atoms with Crippen molar-refractivity contribution in [3.8, 4) is 17.2 Å². The number of carbonyl (C=O) groups is 1. The summed E-state index contributed by atoms with van der Waals surface area (Å²) in [7, 11) is -0.991. The minimum Gasteiger partial charge on any atom is -0.497 e. The molecule has 1 amide bonds. The Morgan fingerprint density at radius 2 is 1.55 bits per heavy atom. The fourth-order valence-corrected chi connectivity index (χ4v) is 4.02. The Hall–Kier alpha value is -3.43. The molecule has 0 saturated carbocycles. The Morgan fingerprint density at radius 1 is 0.909 bits per heavy atom. The van der Waals surface area contributed by atoms with Crippen LogP contribution in [0.3, 0.4) is 0 Å². The van der Waals surface area contributed by atoms with E-state index in [0.29, 0.717) is 28.0 Å². The smallest absolute Gasteiger partial charge is 0.265 e. The summed E-state index contributed by atoms with van der Waals surface area (Å²) in [5.41, 5.74) is 0.659. The largest absolute Gasteiger partial charge is 0.497 e. The molecule has 0 bridgehead atoms. The van der Waals surface area contributed by atoms with E-state index in [-0.39, 0.29) is 16.5 Å². The summed E-state index contributed by atoms with van der Waals surface area (Å²) in [6, 6.07) is 17.2. The van der Waals surface area contributed by atoms with Gasteiger partial charge in [0.2, 0.25) is 0 Å². The third-order valence-corrected chi connectivity index (χ3v) is 6.21. The van der Waals surface area contributed by atoms with Crippen molar-refractivity contribution in [3.05, 3.63) is 71.8 Å².